The summed E-state index contributed by atoms with van der Waals surface area (Å²) in [6.07, 6.45) is 12.7. The van der Waals surface area contributed by atoms with Crippen molar-refractivity contribution in [1.82, 2.24) is 5.32 Å². The number of carbonyl (C=O) groups is 1. The Hall–Kier alpha value is -4.44. The second kappa shape index (κ2) is 23.1. The lowest BCUT2D eigenvalue weighted by atomic mass is 9.85. The maximum absolute atomic E-state index is 13.0. The van der Waals surface area contributed by atoms with Gasteiger partial charge in [0.15, 0.2) is 0 Å². The molecule has 5 nitrogen and oxygen atoms in total. The molecule has 0 aliphatic rings. The predicted molar refractivity (Wildman–Crippen MR) is 211 cm³/mol. The molecular weight excluding hydrogens is 628 g/mol. The number of carbonyl (C=O) groups excluding carboxylic acids is 1. The summed E-state index contributed by atoms with van der Waals surface area (Å²) in [6.45, 7) is 29.3. The molecule has 0 bridgehead atoms. The maximum Gasteiger partial charge on any atom is 0.255 e. The highest BCUT2D eigenvalue weighted by atomic mass is 19.3. The Labute approximate surface area is 302 Å². The Morgan fingerprint density at radius 3 is 2.10 bits per heavy atom. The van der Waals surface area contributed by atoms with Crippen LogP contribution in [0.25, 0.3) is 0 Å². The van der Waals surface area contributed by atoms with Gasteiger partial charge in [0.1, 0.15) is 17.3 Å². The molecule has 0 fully saturated rings. The number of nitrogens with one attached hydrogen (secondary N) is 2. The van der Waals surface area contributed by atoms with Gasteiger partial charge in [0, 0.05) is 35.9 Å². The van der Waals surface area contributed by atoms with Crippen LogP contribution in [0.1, 0.15) is 129 Å². The van der Waals surface area contributed by atoms with Crippen molar-refractivity contribution in [3.63, 3.8) is 0 Å². The van der Waals surface area contributed by atoms with E-state index in [1.807, 2.05) is 97.0 Å². The lowest BCUT2D eigenvalue weighted by Gasteiger charge is -2.18. The van der Waals surface area contributed by atoms with Gasteiger partial charge in [-0.25, -0.2) is 13.8 Å². The van der Waals surface area contributed by atoms with E-state index in [1.54, 1.807) is 19.9 Å². The summed E-state index contributed by atoms with van der Waals surface area (Å²) in [5.74, 6) is 2.20. The number of anilines is 1. The molecular formula is C43H61F2N3O2. The quantitative estimate of drug-likeness (QED) is 0.0682. The zero-order chi connectivity index (χ0) is 38.5. The Morgan fingerprint density at radius 1 is 0.980 bits per heavy atom. The molecule has 1 amide bonds. The average Bonchev–Trinajstić information content (AvgIpc) is 3.05. The standard InChI is InChI=1S/C33H39N3O2.C7H14F2.C3H8/c1-11-24(6)34-26(8)35-30(22(3)4)19-17-25(7)38-31-21-29(18-16-23(31)5)36-32(37)27-14-13-15-28(20-27)33(9,10)12-2;1-3-5-7(8,9)6-4-2;1-3-2/h2,13-21H,3,6,11H2,1,4-5,7-10H3,(H,34,35)(H,36,37);3-6H2,1-2H3;3H2,1-2H3/b25-17+,30-19+;;. The van der Waals surface area contributed by atoms with Crippen molar-refractivity contribution >= 4 is 17.4 Å². The molecule has 0 radical (unpaired) electrons. The van der Waals surface area contributed by atoms with Crippen LogP contribution in [0.3, 0.4) is 0 Å². The fourth-order valence-electron chi connectivity index (χ4n) is 4.21. The number of hydrogen-bond donors (Lipinski definition) is 2. The number of halogens is 2. The highest BCUT2D eigenvalue weighted by Gasteiger charge is 2.25. The van der Waals surface area contributed by atoms with E-state index in [4.69, 9.17) is 11.2 Å². The van der Waals surface area contributed by atoms with Crippen LogP contribution in [0, 0.1) is 19.3 Å². The Bertz CT molecular complexity index is 1530. The van der Waals surface area contributed by atoms with Gasteiger partial charge in [-0.15, -0.1) is 6.42 Å². The summed E-state index contributed by atoms with van der Waals surface area (Å²) in [5, 5.41) is 6.13. The largest absolute Gasteiger partial charge is 0.462 e. The third-order valence-corrected chi connectivity index (χ3v) is 7.14. The normalized spacial score (nSPS) is 12.0. The van der Waals surface area contributed by atoms with Gasteiger partial charge in [0.05, 0.1) is 11.1 Å². The Kier molecular flexibility index (Phi) is 21.0. The molecule has 0 aliphatic heterocycles. The van der Waals surface area contributed by atoms with Gasteiger partial charge in [-0.1, -0.05) is 91.2 Å². The number of aryl methyl sites for hydroxylation is 1. The van der Waals surface area contributed by atoms with E-state index < -0.39 is 11.3 Å². The maximum atomic E-state index is 13.0. The van der Waals surface area contributed by atoms with Crippen LogP contribution in [0.15, 0.2) is 95.5 Å². The second-order valence-electron chi connectivity index (χ2n) is 12.8. The molecule has 0 spiro atoms. The van der Waals surface area contributed by atoms with Gasteiger partial charge in [0.2, 0.25) is 5.92 Å². The van der Waals surface area contributed by atoms with E-state index in [2.05, 4.69) is 48.6 Å². The second-order valence-corrected chi connectivity index (χ2v) is 12.8. The summed E-state index contributed by atoms with van der Waals surface area (Å²) in [5.41, 5.74) is 5.01. The van der Waals surface area contributed by atoms with Crippen LogP contribution in [0.2, 0.25) is 0 Å². The van der Waals surface area contributed by atoms with E-state index in [9.17, 15) is 13.6 Å². The molecule has 274 valence electrons. The van der Waals surface area contributed by atoms with E-state index >= 15 is 0 Å². The number of benzene rings is 2. The number of amides is 1. The number of allylic oxidation sites excluding steroid dienone is 5. The number of ether oxygens (including phenoxy) is 1. The molecule has 0 aromatic heterocycles. The highest BCUT2D eigenvalue weighted by molar-refractivity contribution is 6.04. The van der Waals surface area contributed by atoms with Gasteiger partial charge in [0.25, 0.3) is 5.91 Å². The Morgan fingerprint density at radius 2 is 1.58 bits per heavy atom. The first-order chi connectivity index (χ1) is 23.4. The van der Waals surface area contributed by atoms with E-state index in [0.29, 0.717) is 35.6 Å². The lowest BCUT2D eigenvalue weighted by molar-refractivity contribution is -0.0173. The van der Waals surface area contributed by atoms with Crippen LogP contribution in [0.5, 0.6) is 5.75 Å². The molecule has 2 aromatic carbocycles. The van der Waals surface area contributed by atoms with E-state index in [-0.39, 0.29) is 18.7 Å². The third kappa shape index (κ3) is 17.8. The number of nitrogens with zero attached hydrogens (tertiary/aromatic N) is 1. The number of rotatable bonds is 14. The van der Waals surface area contributed by atoms with E-state index in [0.717, 1.165) is 40.4 Å². The van der Waals surface area contributed by atoms with Gasteiger partial charge >= 0.3 is 0 Å². The molecule has 2 N–H and O–H groups in total. The van der Waals surface area contributed by atoms with Crippen molar-refractivity contribution in [2.24, 2.45) is 4.99 Å². The van der Waals surface area contributed by atoms with Gasteiger partial charge in [-0.05, 0) is 95.0 Å². The van der Waals surface area contributed by atoms with Crippen molar-refractivity contribution in [2.45, 2.75) is 126 Å². The first-order valence-corrected chi connectivity index (χ1v) is 17.5. The number of terminal acetylenes is 1. The van der Waals surface area contributed by atoms with Gasteiger partial charge in [-0.3, -0.25) is 4.79 Å². The minimum absolute atomic E-state index is 0.0425. The van der Waals surface area contributed by atoms with Crippen molar-refractivity contribution < 1.29 is 18.3 Å². The minimum Gasteiger partial charge on any atom is -0.462 e. The summed E-state index contributed by atoms with van der Waals surface area (Å²) >= 11 is 0. The number of amidine groups is 1. The SMILES string of the molecule is C#CC(C)(C)c1cccc(C(=O)Nc2ccc(C)c(O/C(C)=C/C=C(/N=C(C)NC(=C)CC)C(=C)C)c2)c1.CCC.CCCC(F)(F)CCC. The Balaban J connectivity index is 0.00000171. The topological polar surface area (TPSA) is 62.7 Å². The van der Waals surface area contributed by atoms with Crippen molar-refractivity contribution in [3.05, 3.63) is 107 Å². The van der Waals surface area contributed by atoms with Crippen LogP contribution in [-0.4, -0.2) is 17.7 Å². The van der Waals surface area contributed by atoms with Gasteiger partial charge in [-0.2, -0.15) is 0 Å². The minimum atomic E-state index is -2.40. The van der Waals surface area contributed by atoms with Crippen LogP contribution in [0.4, 0.5) is 14.5 Å². The van der Waals surface area contributed by atoms with Crippen LogP contribution in [-0.2, 0) is 5.41 Å². The molecule has 0 unspecified atom stereocenters. The van der Waals surface area contributed by atoms with Crippen molar-refractivity contribution in [3.8, 4) is 18.1 Å². The first-order valence-electron chi connectivity index (χ1n) is 17.5. The first kappa shape index (κ1) is 45.6. The predicted octanol–water partition coefficient (Wildman–Crippen LogP) is 12.5. The summed E-state index contributed by atoms with van der Waals surface area (Å²) in [7, 11) is 0. The van der Waals surface area contributed by atoms with E-state index in [1.165, 1.54) is 6.42 Å². The molecule has 0 atom stereocenters. The average molecular weight is 690 g/mol. The fraction of sp³-hybridized carbons (Fsp3) is 0.442. The van der Waals surface area contributed by atoms with Crippen molar-refractivity contribution in [1.29, 1.82) is 0 Å². The molecule has 0 heterocycles. The molecule has 0 saturated carbocycles. The number of alkyl halides is 2. The molecule has 0 saturated heterocycles. The smallest absolute Gasteiger partial charge is 0.255 e. The summed E-state index contributed by atoms with van der Waals surface area (Å²) in [6, 6.07) is 12.9. The van der Waals surface area contributed by atoms with Crippen molar-refractivity contribution in [2.75, 3.05) is 5.32 Å². The summed E-state index contributed by atoms with van der Waals surface area (Å²) in [4.78, 5) is 17.6. The molecule has 50 heavy (non-hydrogen) atoms. The van der Waals surface area contributed by atoms with Crippen LogP contribution < -0.4 is 15.4 Å². The lowest BCUT2D eigenvalue weighted by Crippen LogP contribution is -2.18. The molecule has 2 rings (SSSR count). The van der Waals surface area contributed by atoms with Gasteiger partial charge < -0.3 is 15.4 Å². The third-order valence-electron chi connectivity index (χ3n) is 7.14. The molecule has 7 heteroatoms. The van der Waals surface area contributed by atoms with Crippen LogP contribution >= 0.6 is 0 Å². The zero-order valence-electron chi connectivity index (χ0n) is 32.4. The highest BCUT2D eigenvalue weighted by Crippen LogP contribution is 2.27. The molecule has 0 aliphatic carbocycles. The molecule has 2 aromatic rings. The monoisotopic (exact) mass is 689 g/mol. The summed E-state index contributed by atoms with van der Waals surface area (Å²) < 4.78 is 31.0. The fourth-order valence-corrected chi connectivity index (χ4v) is 4.21. The zero-order valence-corrected chi connectivity index (χ0v) is 32.4. The number of aliphatic imine (C=N–C) groups is 1. The number of hydrogen-bond acceptors (Lipinski definition) is 3.